The molecule has 1 fully saturated rings. The quantitative estimate of drug-likeness (QED) is 0.599. The van der Waals surface area contributed by atoms with E-state index < -0.39 is 11.7 Å². The number of anilines is 1. The number of fused-ring (bicyclic) bond motifs is 1. The van der Waals surface area contributed by atoms with Gasteiger partial charge in [0.25, 0.3) is 5.91 Å². The molecule has 1 amide bonds. The molecule has 158 valence electrons. The van der Waals surface area contributed by atoms with Gasteiger partial charge in [0.05, 0.1) is 22.5 Å². The number of carbonyl (C=O) groups excluding carboxylic acids is 1. The van der Waals surface area contributed by atoms with Crippen molar-refractivity contribution >= 4 is 17.2 Å². The van der Waals surface area contributed by atoms with Crippen LogP contribution in [0.25, 0.3) is 16.8 Å². The molecule has 2 atom stereocenters. The van der Waals surface area contributed by atoms with E-state index in [1.54, 1.807) is 6.92 Å². The van der Waals surface area contributed by atoms with Crippen molar-refractivity contribution in [3.05, 3.63) is 41.5 Å². The van der Waals surface area contributed by atoms with Crippen molar-refractivity contribution in [2.24, 2.45) is 5.92 Å². The van der Waals surface area contributed by atoms with Gasteiger partial charge in [0.2, 0.25) is 0 Å². The van der Waals surface area contributed by atoms with Gasteiger partial charge in [0.15, 0.2) is 5.82 Å². The Morgan fingerprint density at radius 1 is 1.30 bits per heavy atom. The van der Waals surface area contributed by atoms with Gasteiger partial charge in [0.1, 0.15) is 11.8 Å². The SMILES string of the molecule is Cc1ncc(-c2cc(C(F)(F)F)c3c(N)ncnn23)cc1C(=O)NC1CNCC1C. The molecule has 0 saturated carbocycles. The van der Waals surface area contributed by atoms with Gasteiger partial charge in [-0.2, -0.15) is 18.3 Å². The third kappa shape index (κ3) is 3.45. The van der Waals surface area contributed by atoms with E-state index in [2.05, 4.69) is 25.7 Å². The van der Waals surface area contributed by atoms with Gasteiger partial charge in [-0.1, -0.05) is 6.92 Å². The summed E-state index contributed by atoms with van der Waals surface area (Å²) in [5, 5.41) is 10.1. The van der Waals surface area contributed by atoms with Gasteiger partial charge < -0.3 is 16.4 Å². The molecule has 2 unspecified atom stereocenters. The molecule has 8 nitrogen and oxygen atoms in total. The number of carbonyl (C=O) groups is 1. The molecule has 11 heteroatoms. The summed E-state index contributed by atoms with van der Waals surface area (Å²) in [6, 6.07) is 2.43. The highest BCUT2D eigenvalue weighted by molar-refractivity contribution is 5.96. The molecule has 0 bridgehead atoms. The van der Waals surface area contributed by atoms with Gasteiger partial charge in [-0.15, -0.1) is 0 Å². The van der Waals surface area contributed by atoms with Crippen LogP contribution in [0.2, 0.25) is 0 Å². The zero-order chi connectivity index (χ0) is 21.6. The van der Waals surface area contributed by atoms with Crippen molar-refractivity contribution in [2.45, 2.75) is 26.1 Å². The number of aromatic nitrogens is 4. The predicted octanol–water partition coefficient (Wildman–Crippen LogP) is 2.04. The van der Waals surface area contributed by atoms with E-state index in [-0.39, 0.29) is 40.5 Å². The van der Waals surface area contributed by atoms with Gasteiger partial charge in [-0.3, -0.25) is 9.78 Å². The smallest absolute Gasteiger partial charge is 0.382 e. The van der Waals surface area contributed by atoms with E-state index >= 15 is 0 Å². The minimum Gasteiger partial charge on any atom is -0.382 e. The van der Waals surface area contributed by atoms with Crippen LogP contribution in [0, 0.1) is 12.8 Å². The molecule has 0 aromatic carbocycles. The Kier molecular flexibility index (Phi) is 4.85. The number of amides is 1. The lowest BCUT2D eigenvalue weighted by Crippen LogP contribution is -2.39. The number of nitrogens with one attached hydrogen (secondary N) is 2. The van der Waals surface area contributed by atoms with E-state index in [0.29, 0.717) is 17.8 Å². The first kappa shape index (κ1) is 20.1. The van der Waals surface area contributed by atoms with Gasteiger partial charge in [-0.25, -0.2) is 9.50 Å². The van der Waals surface area contributed by atoms with Crippen LogP contribution in [0.5, 0.6) is 0 Å². The average molecular weight is 419 g/mol. The molecule has 30 heavy (non-hydrogen) atoms. The Labute approximate surface area is 169 Å². The third-order valence-corrected chi connectivity index (χ3v) is 5.35. The molecule has 1 aliphatic rings. The zero-order valence-corrected chi connectivity index (χ0v) is 16.3. The largest absolute Gasteiger partial charge is 0.418 e. The van der Waals surface area contributed by atoms with Crippen molar-refractivity contribution in [1.82, 2.24) is 30.2 Å². The topological polar surface area (TPSA) is 110 Å². The Bertz CT molecular complexity index is 1130. The van der Waals surface area contributed by atoms with Crippen LogP contribution in [0.3, 0.4) is 0 Å². The number of nitrogens with zero attached hydrogens (tertiary/aromatic N) is 4. The molecular formula is C19H20F3N7O. The minimum atomic E-state index is -4.65. The third-order valence-electron chi connectivity index (χ3n) is 5.35. The number of nitrogen functional groups attached to an aromatic ring is 1. The molecule has 0 aliphatic carbocycles. The Hall–Kier alpha value is -3.21. The van der Waals surface area contributed by atoms with Crippen LogP contribution in [0.4, 0.5) is 19.0 Å². The van der Waals surface area contributed by atoms with E-state index in [1.165, 1.54) is 12.3 Å². The second-order valence-electron chi connectivity index (χ2n) is 7.42. The van der Waals surface area contributed by atoms with E-state index in [9.17, 15) is 18.0 Å². The molecule has 4 heterocycles. The number of hydrogen-bond donors (Lipinski definition) is 3. The second-order valence-corrected chi connectivity index (χ2v) is 7.42. The maximum Gasteiger partial charge on any atom is 0.418 e. The summed E-state index contributed by atoms with van der Waals surface area (Å²) in [5.41, 5.74) is 5.60. The highest BCUT2D eigenvalue weighted by atomic mass is 19.4. The standard InChI is InChI=1S/C19H20F3N7O/c1-9-5-24-7-14(9)28-18(30)12-3-11(6-25-10(12)2)15-4-13(19(20,21)22)16-17(23)26-8-27-29(15)16/h3-4,6,8-9,14,24H,5,7H2,1-2H3,(H,28,30)(H2,23,26,27). The summed E-state index contributed by atoms with van der Waals surface area (Å²) >= 11 is 0. The van der Waals surface area contributed by atoms with Gasteiger partial charge in [0, 0.05) is 24.3 Å². The van der Waals surface area contributed by atoms with Crippen molar-refractivity contribution in [3.8, 4) is 11.3 Å². The van der Waals surface area contributed by atoms with E-state index in [1.807, 2.05) is 6.92 Å². The molecular weight excluding hydrogens is 399 g/mol. The Morgan fingerprint density at radius 2 is 2.07 bits per heavy atom. The summed E-state index contributed by atoms with van der Waals surface area (Å²) in [6.45, 7) is 5.17. The Balaban J connectivity index is 1.79. The fourth-order valence-electron chi connectivity index (χ4n) is 3.64. The first-order valence-electron chi connectivity index (χ1n) is 9.35. The summed E-state index contributed by atoms with van der Waals surface area (Å²) in [7, 11) is 0. The lowest BCUT2D eigenvalue weighted by molar-refractivity contribution is -0.136. The monoisotopic (exact) mass is 419 g/mol. The predicted molar refractivity (Wildman–Crippen MR) is 104 cm³/mol. The van der Waals surface area contributed by atoms with Gasteiger partial charge >= 0.3 is 6.18 Å². The van der Waals surface area contributed by atoms with Crippen molar-refractivity contribution in [1.29, 1.82) is 0 Å². The molecule has 1 aliphatic heterocycles. The molecule has 3 aromatic rings. The average Bonchev–Trinajstić information content (AvgIpc) is 3.27. The fourth-order valence-corrected chi connectivity index (χ4v) is 3.64. The number of nitrogens with two attached hydrogens (primary N) is 1. The zero-order valence-electron chi connectivity index (χ0n) is 16.3. The van der Waals surface area contributed by atoms with Crippen LogP contribution in [0.15, 0.2) is 24.7 Å². The van der Waals surface area contributed by atoms with Crippen LogP contribution in [-0.4, -0.2) is 44.6 Å². The lowest BCUT2D eigenvalue weighted by atomic mass is 10.0. The van der Waals surface area contributed by atoms with Crippen molar-refractivity contribution in [2.75, 3.05) is 18.8 Å². The van der Waals surface area contributed by atoms with Crippen molar-refractivity contribution in [3.63, 3.8) is 0 Å². The highest BCUT2D eigenvalue weighted by Gasteiger charge is 2.36. The number of pyridine rings is 1. The Morgan fingerprint density at radius 3 is 2.73 bits per heavy atom. The first-order valence-corrected chi connectivity index (χ1v) is 9.35. The van der Waals surface area contributed by atoms with Crippen molar-refractivity contribution < 1.29 is 18.0 Å². The molecule has 3 aromatic heterocycles. The molecule has 4 N–H and O–H groups in total. The first-order chi connectivity index (χ1) is 14.2. The molecule has 0 spiro atoms. The number of halogens is 3. The van der Waals surface area contributed by atoms with E-state index in [0.717, 1.165) is 23.5 Å². The molecule has 4 rings (SSSR count). The maximum absolute atomic E-state index is 13.6. The van der Waals surface area contributed by atoms with Crippen LogP contribution in [0.1, 0.15) is 28.5 Å². The number of rotatable bonds is 3. The molecule has 1 saturated heterocycles. The van der Waals surface area contributed by atoms with Crippen LogP contribution < -0.4 is 16.4 Å². The summed E-state index contributed by atoms with van der Waals surface area (Å²) < 4.78 is 41.7. The normalized spacial score (nSPS) is 19.4. The van der Waals surface area contributed by atoms with E-state index in [4.69, 9.17) is 5.73 Å². The maximum atomic E-state index is 13.6. The number of hydrogen-bond acceptors (Lipinski definition) is 6. The summed E-state index contributed by atoms with van der Waals surface area (Å²) in [4.78, 5) is 20.7. The number of alkyl halides is 3. The second kappa shape index (κ2) is 7.24. The van der Waals surface area contributed by atoms with Crippen LogP contribution >= 0.6 is 0 Å². The lowest BCUT2D eigenvalue weighted by Gasteiger charge is -2.17. The van der Waals surface area contributed by atoms with Gasteiger partial charge in [-0.05, 0) is 31.5 Å². The number of aryl methyl sites for hydroxylation is 1. The summed E-state index contributed by atoms with van der Waals surface area (Å²) in [5.74, 6) is -0.341. The fraction of sp³-hybridized carbons (Fsp3) is 0.368. The minimum absolute atomic E-state index is 0.0287. The molecule has 0 radical (unpaired) electrons. The van der Waals surface area contributed by atoms with Crippen LogP contribution in [-0.2, 0) is 6.18 Å². The highest BCUT2D eigenvalue weighted by Crippen LogP contribution is 2.38. The summed E-state index contributed by atoms with van der Waals surface area (Å²) in [6.07, 6.45) is -2.16.